The Morgan fingerprint density at radius 2 is 1.27 bits per heavy atom. The predicted molar refractivity (Wildman–Crippen MR) is 85.8 cm³/mol. The molecule has 0 saturated heterocycles. The third-order valence-electron chi connectivity index (χ3n) is 5.36. The summed E-state index contributed by atoms with van der Waals surface area (Å²) in [6.45, 7) is 11.8. The maximum absolute atomic E-state index is 13.0. The summed E-state index contributed by atoms with van der Waals surface area (Å²) >= 11 is 0. The zero-order valence-corrected chi connectivity index (χ0v) is 14.4. The van der Waals surface area contributed by atoms with Gasteiger partial charge in [-0.1, -0.05) is 65.3 Å². The van der Waals surface area contributed by atoms with E-state index in [1.807, 2.05) is 0 Å². The van der Waals surface area contributed by atoms with Crippen LogP contribution in [0.3, 0.4) is 0 Å². The standard InChI is InChI=1S/C18H28F3N/c1-7-12-15(2,3)16(4,5)13-8-10-14(11-9-13)17(6,22)18(19,20)21/h8-11H,7,12,22H2,1-6H3. The Balaban J connectivity index is 3.18. The molecule has 0 aliphatic carbocycles. The summed E-state index contributed by atoms with van der Waals surface area (Å²) in [5.74, 6) is 0. The van der Waals surface area contributed by atoms with E-state index >= 15 is 0 Å². The summed E-state index contributed by atoms with van der Waals surface area (Å²) in [6.07, 6.45) is -2.34. The fourth-order valence-electron chi connectivity index (χ4n) is 2.73. The Morgan fingerprint density at radius 1 is 0.864 bits per heavy atom. The summed E-state index contributed by atoms with van der Waals surface area (Å²) < 4.78 is 39.1. The minimum atomic E-state index is -4.47. The number of alkyl halides is 3. The summed E-state index contributed by atoms with van der Waals surface area (Å²) in [6, 6.07) is 6.58. The molecule has 0 aromatic heterocycles. The van der Waals surface area contributed by atoms with Crippen molar-refractivity contribution in [3.05, 3.63) is 35.4 Å². The lowest BCUT2D eigenvalue weighted by Crippen LogP contribution is -2.47. The molecule has 0 saturated carbocycles. The fourth-order valence-corrected chi connectivity index (χ4v) is 2.73. The third kappa shape index (κ3) is 3.32. The van der Waals surface area contributed by atoms with Gasteiger partial charge >= 0.3 is 6.18 Å². The highest BCUT2D eigenvalue weighted by molar-refractivity contribution is 5.33. The molecule has 1 unspecified atom stereocenters. The van der Waals surface area contributed by atoms with Crippen LogP contribution < -0.4 is 5.73 Å². The van der Waals surface area contributed by atoms with Crippen LogP contribution in [0.1, 0.15) is 65.5 Å². The van der Waals surface area contributed by atoms with Gasteiger partial charge in [0.2, 0.25) is 0 Å². The van der Waals surface area contributed by atoms with Crippen LogP contribution in [0.25, 0.3) is 0 Å². The van der Waals surface area contributed by atoms with Crippen molar-refractivity contribution in [2.24, 2.45) is 11.1 Å². The molecule has 0 amide bonds. The average molecular weight is 315 g/mol. The highest BCUT2D eigenvalue weighted by Crippen LogP contribution is 2.45. The highest BCUT2D eigenvalue weighted by Gasteiger charge is 2.49. The molecule has 126 valence electrons. The molecule has 1 atom stereocenters. The van der Waals surface area contributed by atoms with Gasteiger partial charge in [-0.25, -0.2) is 0 Å². The lowest BCUT2D eigenvalue weighted by atomic mass is 9.62. The zero-order chi connectivity index (χ0) is 17.4. The summed E-state index contributed by atoms with van der Waals surface area (Å²) in [4.78, 5) is 0. The normalized spacial score (nSPS) is 16.5. The molecule has 1 rings (SSSR count). The first-order chi connectivity index (χ1) is 9.77. The second-order valence-electron chi connectivity index (χ2n) is 7.54. The minimum absolute atomic E-state index is 0.0549. The summed E-state index contributed by atoms with van der Waals surface area (Å²) in [7, 11) is 0. The first-order valence-corrected chi connectivity index (χ1v) is 7.74. The van der Waals surface area contributed by atoms with Crippen molar-refractivity contribution in [3.8, 4) is 0 Å². The Bertz CT molecular complexity index is 496. The van der Waals surface area contributed by atoms with E-state index in [1.54, 1.807) is 12.1 Å². The van der Waals surface area contributed by atoms with Gasteiger partial charge in [0, 0.05) is 0 Å². The van der Waals surface area contributed by atoms with Crippen molar-refractivity contribution < 1.29 is 13.2 Å². The van der Waals surface area contributed by atoms with Gasteiger partial charge in [0.1, 0.15) is 5.54 Å². The zero-order valence-electron chi connectivity index (χ0n) is 14.4. The summed E-state index contributed by atoms with van der Waals surface area (Å²) in [5.41, 5.74) is 4.20. The Kier molecular flexibility index (Phi) is 5.08. The molecule has 1 aromatic rings. The van der Waals surface area contributed by atoms with Crippen LogP contribution in [-0.4, -0.2) is 6.18 Å². The predicted octanol–water partition coefficient (Wildman–Crippen LogP) is 5.53. The quantitative estimate of drug-likeness (QED) is 0.760. The van der Waals surface area contributed by atoms with Gasteiger partial charge in [0.25, 0.3) is 0 Å². The fraction of sp³-hybridized carbons (Fsp3) is 0.667. The molecule has 2 N–H and O–H groups in total. The Labute approximate surface area is 132 Å². The number of nitrogens with two attached hydrogens (primary N) is 1. The summed E-state index contributed by atoms with van der Waals surface area (Å²) in [5, 5.41) is 0. The van der Waals surface area contributed by atoms with E-state index in [0.717, 1.165) is 25.3 Å². The van der Waals surface area contributed by atoms with E-state index < -0.39 is 11.7 Å². The van der Waals surface area contributed by atoms with E-state index in [2.05, 4.69) is 34.6 Å². The molecule has 0 heterocycles. The van der Waals surface area contributed by atoms with Crippen LogP contribution in [0, 0.1) is 5.41 Å². The Morgan fingerprint density at radius 3 is 1.64 bits per heavy atom. The van der Waals surface area contributed by atoms with Crippen molar-refractivity contribution in [1.29, 1.82) is 0 Å². The molecule has 0 aliphatic rings. The van der Waals surface area contributed by atoms with Crippen LogP contribution in [0.4, 0.5) is 13.2 Å². The average Bonchev–Trinajstić information content (AvgIpc) is 2.37. The van der Waals surface area contributed by atoms with Crippen molar-refractivity contribution in [1.82, 2.24) is 0 Å². The molecule has 0 bridgehead atoms. The number of hydrogen-bond donors (Lipinski definition) is 1. The van der Waals surface area contributed by atoms with Crippen LogP contribution in [0.2, 0.25) is 0 Å². The van der Waals surface area contributed by atoms with Crippen molar-refractivity contribution in [2.75, 3.05) is 0 Å². The molecule has 22 heavy (non-hydrogen) atoms. The second-order valence-corrected chi connectivity index (χ2v) is 7.54. The van der Waals surface area contributed by atoms with Crippen LogP contribution in [0.5, 0.6) is 0 Å². The van der Waals surface area contributed by atoms with E-state index in [-0.39, 0.29) is 16.4 Å². The number of rotatable bonds is 5. The Hall–Kier alpha value is -1.03. The van der Waals surface area contributed by atoms with Crippen LogP contribution in [0.15, 0.2) is 24.3 Å². The molecule has 1 aromatic carbocycles. The molecular formula is C18H28F3N. The van der Waals surface area contributed by atoms with E-state index in [0.29, 0.717) is 0 Å². The maximum atomic E-state index is 13.0. The molecule has 4 heteroatoms. The van der Waals surface area contributed by atoms with Gasteiger partial charge in [0.05, 0.1) is 0 Å². The smallest absolute Gasteiger partial charge is 0.314 e. The van der Waals surface area contributed by atoms with Crippen molar-refractivity contribution in [3.63, 3.8) is 0 Å². The number of benzene rings is 1. The van der Waals surface area contributed by atoms with Crippen molar-refractivity contribution in [2.45, 2.75) is 71.5 Å². The monoisotopic (exact) mass is 315 g/mol. The highest BCUT2D eigenvalue weighted by atomic mass is 19.4. The van der Waals surface area contributed by atoms with Gasteiger partial charge in [-0.3, -0.25) is 0 Å². The minimum Gasteiger partial charge on any atom is -0.314 e. The molecule has 0 fully saturated rings. The number of hydrogen-bond acceptors (Lipinski definition) is 1. The lowest BCUT2D eigenvalue weighted by Gasteiger charge is -2.42. The molecular weight excluding hydrogens is 287 g/mol. The van der Waals surface area contributed by atoms with Gasteiger partial charge in [-0.05, 0) is 35.3 Å². The van der Waals surface area contributed by atoms with Gasteiger partial charge in [0.15, 0.2) is 0 Å². The van der Waals surface area contributed by atoms with Crippen LogP contribution in [-0.2, 0) is 11.0 Å². The second kappa shape index (κ2) is 5.88. The van der Waals surface area contributed by atoms with Gasteiger partial charge in [-0.15, -0.1) is 0 Å². The van der Waals surface area contributed by atoms with E-state index in [1.165, 1.54) is 12.1 Å². The molecule has 0 spiro atoms. The van der Waals surface area contributed by atoms with Gasteiger partial charge in [-0.2, -0.15) is 13.2 Å². The van der Waals surface area contributed by atoms with Crippen molar-refractivity contribution >= 4 is 0 Å². The third-order valence-corrected chi connectivity index (χ3v) is 5.36. The van der Waals surface area contributed by atoms with E-state index in [4.69, 9.17) is 5.73 Å². The van der Waals surface area contributed by atoms with Crippen LogP contribution >= 0.6 is 0 Å². The lowest BCUT2D eigenvalue weighted by molar-refractivity contribution is -0.184. The molecule has 1 nitrogen and oxygen atoms in total. The topological polar surface area (TPSA) is 26.0 Å². The van der Waals surface area contributed by atoms with E-state index in [9.17, 15) is 13.2 Å². The maximum Gasteiger partial charge on any atom is 0.410 e. The number of halogens is 3. The van der Waals surface area contributed by atoms with Gasteiger partial charge < -0.3 is 5.73 Å². The first kappa shape index (κ1) is 19.0. The molecule has 0 radical (unpaired) electrons. The molecule has 0 aliphatic heterocycles. The SMILES string of the molecule is CCCC(C)(C)C(C)(C)c1ccc(C(C)(N)C(F)(F)F)cc1. The largest absolute Gasteiger partial charge is 0.410 e. The first-order valence-electron chi connectivity index (χ1n) is 7.74.